The van der Waals surface area contributed by atoms with Gasteiger partial charge in [0.15, 0.2) is 0 Å². The van der Waals surface area contributed by atoms with Gasteiger partial charge in [-0.05, 0) is 6.92 Å². The van der Waals surface area contributed by atoms with Crippen LogP contribution in [0.25, 0.3) is 0 Å². The minimum atomic E-state index is -0.0255. The summed E-state index contributed by atoms with van der Waals surface area (Å²) in [6.07, 6.45) is 2.45. The smallest absolute Gasteiger partial charge is 0.112 e. The van der Waals surface area contributed by atoms with Crippen molar-refractivity contribution >= 4 is 0 Å². The zero-order valence-electron chi connectivity index (χ0n) is 7.83. The van der Waals surface area contributed by atoms with Crippen molar-refractivity contribution in [3.8, 4) is 0 Å². The van der Waals surface area contributed by atoms with Gasteiger partial charge in [-0.15, -0.1) is 0 Å². The van der Waals surface area contributed by atoms with Crippen molar-refractivity contribution in [1.82, 2.24) is 0 Å². The van der Waals surface area contributed by atoms with Crippen molar-refractivity contribution in [3.63, 3.8) is 0 Å². The maximum atomic E-state index is 9.82. The second-order valence-corrected chi connectivity index (χ2v) is 4.50. The van der Waals surface area contributed by atoms with E-state index in [-0.39, 0.29) is 18.5 Å². The highest BCUT2D eigenvalue weighted by molar-refractivity contribution is 4.83. The minimum absolute atomic E-state index is 0. The van der Waals surface area contributed by atoms with Gasteiger partial charge in [-0.1, -0.05) is 0 Å². The van der Waals surface area contributed by atoms with E-state index in [0.29, 0.717) is 12.0 Å². The number of aliphatic hydroxyl groups excluding tert-OH is 1. The monoisotopic (exact) mass is 191 g/mol. The van der Waals surface area contributed by atoms with Gasteiger partial charge < -0.3 is 22.0 Å². The number of quaternary nitrogens is 1. The number of nitrogens with zero attached hydrogens (tertiary/aromatic N) is 1. The average Bonchev–Trinajstić information content (AvgIpc) is 2.01. The number of hydrogen-bond donors (Lipinski definition) is 1. The van der Waals surface area contributed by atoms with E-state index >= 15 is 0 Å². The van der Waals surface area contributed by atoms with Crippen LogP contribution in [0.5, 0.6) is 0 Å². The molecule has 3 saturated heterocycles. The van der Waals surface area contributed by atoms with Gasteiger partial charge in [0.2, 0.25) is 0 Å². The highest BCUT2D eigenvalue weighted by Gasteiger charge is 2.48. The highest BCUT2D eigenvalue weighted by atomic mass is 35.5. The standard InChI is InChI=1S/C9H18NO.ClH/c1-7-9(11)8-3-5-10(7,2)6-4-8;/h7-9,11H,3-6H2,1-2H3;1H/q+1;/p-1. The van der Waals surface area contributed by atoms with E-state index in [1.165, 1.54) is 25.9 Å². The summed E-state index contributed by atoms with van der Waals surface area (Å²) in [5.74, 6) is 0.616. The second kappa shape index (κ2) is 3.17. The third-order valence-corrected chi connectivity index (χ3v) is 3.98. The molecule has 2 unspecified atom stereocenters. The first kappa shape index (κ1) is 10.3. The number of aliphatic hydroxyl groups is 1. The van der Waals surface area contributed by atoms with Crippen LogP contribution < -0.4 is 12.4 Å². The molecule has 0 aromatic carbocycles. The first-order valence-corrected chi connectivity index (χ1v) is 4.66. The first-order valence-electron chi connectivity index (χ1n) is 4.66. The molecule has 3 aliphatic heterocycles. The molecule has 0 aromatic heterocycles. The Morgan fingerprint density at radius 2 is 1.75 bits per heavy atom. The summed E-state index contributed by atoms with van der Waals surface area (Å²) in [5.41, 5.74) is 0. The molecule has 3 rings (SSSR count). The summed E-state index contributed by atoms with van der Waals surface area (Å²) in [6.45, 7) is 4.75. The number of halogens is 1. The highest BCUT2D eigenvalue weighted by Crippen LogP contribution is 2.36. The van der Waals surface area contributed by atoms with Crippen LogP contribution in [0.15, 0.2) is 0 Å². The molecule has 0 aromatic rings. The molecule has 12 heavy (non-hydrogen) atoms. The SMILES string of the molecule is CC1C(O)C2CC[N+]1(C)CC2.[Cl-]. The van der Waals surface area contributed by atoms with Gasteiger partial charge in [-0.2, -0.15) is 0 Å². The zero-order valence-corrected chi connectivity index (χ0v) is 8.59. The van der Waals surface area contributed by atoms with Crippen LogP contribution >= 0.6 is 0 Å². The molecule has 72 valence electrons. The fraction of sp³-hybridized carbons (Fsp3) is 1.00. The van der Waals surface area contributed by atoms with E-state index < -0.39 is 0 Å². The Kier molecular flexibility index (Phi) is 2.72. The van der Waals surface area contributed by atoms with Crippen LogP contribution in [-0.4, -0.2) is 41.9 Å². The maximum absolute atomic E-state index is 9.82. The van der Waals surface area contributed by atoms with Gasteiger partial charge in [0.1, 0.15) is 12.1 Å². The molecule has 3 aliphatic rings. The van der Waals surface area contributed by atoms with E-state index in [2.05, 4.69) is 14.0 Å². The van der Waals surface area contributed by atoms with Gasteiger partial charge >= 0.3 is 0 Å². The van der Waals surface area contributed by atoms with Crippen molar-refractivity contribution in [1.29, 1.82) is 0 Å². The number of hydrogen-bond acceptors (Lipinski definition) is 1. The quantitative estimate of drug-likeness (QED) is 0.424. The number of rotatable bonds is 0. The van der Waals surface area contributed by atoms with Crippen LogP contribution in [0.2, 0.25) is 0 Å². The van der Waals surface area contributed by atoms with Crippen molar-refractivity contribution in [2.24, 2.45) is 5.92 Å². The molecule has 2 nitrogen and oxygen atoms in total. The largest absolute Gasteiger partial charge is 1.00 e. The van der Waals surface area contributed by atoms with Crippen LogP contribution in [0.3, 0.4) is 0 Å². The van der Waals surface area contributed by atoms with Crippen molar-refractivity contribution in [2.75, 3.05) is 20.1 Å². The first-order chi connectivity index (χ1) is 5.13. The normalized spacial score (nSPS) is 51.8. The Morgan fingerprint density at radius 3 is 2.08 bits per heavy atom. The van der Waals surface area contributed by atoms with Crippen LogP contribution in [-0.2, 0) is 0 Å². The fourth-order valence-electron chi connectivity index (χ4n) is 2.69. The maximum Gasteiger partial charge on any atom is 0.112 e. The minimum Gasteiger partial charge on any atom is -1.00 e. The molecule has 2 bridgehead atoms. The zero-order chi connectivity index (χ0) is 8.06. The van der Waals surface area contributed by atoms with E-state index in [1.807, 2.05) is 0 Å². The van der Waals surface area contributed by atoms with E-state index in [1.54, 1.807) is 0 Å². The van der Waals surface area contributed by atoms with E-state index in [0.717, 1.165) is 4.48 Å². The topological polar surface area (TPSA) is 20.2 Å². The Labute approximate surface area is 80.6 Å². The number of fused-ring (bicyclic) bond motifs is 3. The van der Waals surface area contributed by atoms with Gasteiger partial charge in [-0.3, -0.25) is 0 Å². The average molecular weight is 192 g/mol. The lowest BCUT2D eigenvalue weighted by molar-refractivity contribution is -0.951. The molecule has 3 fully saturated rings. The molecule has 0 aliphatic carbocycles. The predicted molar refractivity (Wildman–Crippen MR) is 44.1 cm³/mol. The number of likely N-dealkylation sites (N-methyl/N-ethyl adjacent to an activating group) is 1. The lowest BCUT2D eigenvalue weighted by Gasteiger charge is -2.53. The Morgan fingerprint density at radius 1 is 1.25 bits per heavy atom. The molecule has 2 atom stereocenters. The Bertz CT molecular complexity index is 166. The van der Waals surface area contributed by atoms with E-state index in [4.69, 9.17) is 0 Å². The third kappa shape index (κ3) is 1.26. The lowest BCUT2D eigenvalue weighted by atomic mass is 9.79. The van der Waals surface area contributed by atoms with Crippen LogP contribution in [0.1, 0.15) is 19.8 Å². The molecule has 3 heterocycles. The fourth-order valence-corrected chi connectivity index (χ4v) is 2.69. The summed E-state index contributed by atoms with van der Waals surface area (Å²) in [6, 6.07) is 0.475. The van der Waals surface area contributed by atoms with Gasteiger partial charge in [-0.25, -0.2) is 0 Å². The summed E-state index contributed by atoms with van der Waals surface area (Å²) in [7, 11) is 2.28. The van der Waals surface area contributed by atoms with Crippen molar-refractivity contribution in [3.05, 3.63) is 0 Å². The summed E-state index contributed by atoms with van der Waals surface area (Å²) >= 11 is 0. The van der Waals surface area contributed by atoms with Crippen LogP contribution in [0, 0.1) is 5.92 Å². The lowest BCUT2D eigenvalue weighted by Crippen LogP contribution is -3.00. The molecular weight excluding hydrogens is 174 g/mol. The molecule has 0 saturated carbocycles. The van der Waals surface area contributed by atoms with Gasteiger partial charge in [0.05, 0.1) is 20.1 Å². The predicted octanol–water partition coefficient (Wildman–Crippen LogP) is -2.39. The van der Waals surface area contributed by atoms with E-state index in [9.17, 15) is 5.11 Å². The summed E-state index contributed by atoms with van der Waals surface area (Å²) in [4.78, 5) is 0. The third-order valence-electron chi connectivity index (χ3n) is 3.98. The molecule has 3 heteroatoms. The molecular formula is C9H18ClNO. The van der Waals surface area contributed by atoms with Crippen molar-refractivity contribution in [2.45, 2.75) is 31.9 Å². The molecule has 0 amide bonds. The van der Waals surface area contributed by atoms with Crippen molar-refractivity contribution < 1.29 is 22.0 Å². The molecule has 0 spiro atoms. The second-order valence-electron chi connectivity index (χ2n) is 4.50. The molecule has 0 radical (unpaired) electrons. The summed E-state index contributed by atoms with van der Waals surface area (Å²) in [5, 5.41) is 9.82. The molecule has 1 N–H and O–H groups in total. The Hall–Kier alpha value is 0.210. The summed E-state index contributed by atoms with van der Waals surface area (Å²) < 4.78 is 1.11. The van der Waals surface area contributed by atoms with Gasteiger partial charge in [0, 0.05) is 18.8 Å². The Balaban J connectivity index is 0.000000720. The number of piperidine rings is 3. The van der Waals surface area contributed by atoms with Crippen LogP contribution in [0.4, 0.5) is 0 Å². The van der Waals surface area contributed by atoms with Gasteiger partial charge in [0.25, 0.3) is 0 Å².